The van der Waals surface area contributed by atoms with E-state index in [1.165, 1.54) is 17.6 Å². The van der Waals surface area contributed by atoms with Gasteiger partial charge in [-0.3, -0.25) is 9.29 Å². The SMILES string of the molecule is CCS(=O)(=O)N(c1ccncc1OC)C(C)C. The van der Waals surface area contributed by atoms with Gasteiger partial charge >= 0.3 is 0 Å². The molecule has 0 amide bonds. The minimum atomic E-state index is -3.32. The topological polar surface area (TPSA) is 59.5 Å². The number of ether oxygens (including phenoxy) is 1. The Hall–Kier alpha value is -1.30. The van der Waals surface area contributed by atoms with Gasteiger partial charge in [-0.05, 0) is 26.8 Å². The van der Waals surface area contributed by atoms with Crippen LogP contribution in [-0.2, 0) is 10.0 Å². The molecule has 0 radical (unpaired) electrons. The summed E-state index contributed by atoms with van der Waals surface area (Å²) < 4.78 is 30.6. The Morgan fingerprint density at radius 1 is 1.47 bits per heavy atom. The average molecular weight is 258 g/mol. The van der Waals surface area contributed by atoms with Crippen molar-refractivity contribution in [3.8, 4) is 5.75 Å². The number of nitrogens with zero attached hydrogens (tertiary/aromatic N) is 2. The molecule has 5 nitrogen and oxygen atoms in total. The predicted octanol–water partition coefficient (Wildman–Crippen LogP) is 1.65. The third kappa shape index (κ3) is 2.88. The largest absolute Gasteiger partial charge is 0.493 e. The molecule has 96 valence electrons. The molecule has 17 heavy (non-hydrogen) atoms. The minimum Gasteiger partial charge on any atom is -0.493 e. The standard InChI is InChI=1S/C11H18N2O3S/c1-5-17(14,15)13(9(2)3)10-6-7-12-8-11(10)16-4/h6-9H,5H2,1-4H3. The molecule has 0 unspecified atom stereocenters. The van der Waals surface area contributed by atoms with Gasteiger partial charge in [0.25, 0.3) is 0 Å². The van der Waals surface area contributed by atoms with Gasteiger partial charge in [-0.2, -0.15) is 0 Å². The summed E-state index contributed by atoms with van der Waals surface area (Å²) in [5.74, 6) is 0.509. The van der Waals surface area contributed by atoms with E-state index in [0.29, 0.717) is 11.4 Å². The lowest BCUT2D eigenvalue weighted by atomic mass is 10.3. The van der Waals surface area contributed by atoms with Crippen LogP contribution in [0.1, 0.15) is 20.8 Å². The van der Waals surface area contributed by atoms with Crippen molar-refractivity contribution in [3.05, 3.63) is 18.5 Å². The highest BCUT2D eigenvalue weighted by Gasteiger charge is 2.26. The molecule has 0 spiro atoms. The van der Waals surface area contributed by atoms with Gasteiger partial charge < -0.3 is 4.74 Å². The monoisotopic (exact) mass is 258 g/mol. The summed E-state index contributed by atoms with van der Waals surface area (Å²) in [7, 11) is -1.82. The third-order valence-electron chi connectivity index (χ3n) is 2.35. The smallest absolute Gasteiger partial charge is 0.235 e. The van der Waals surface area contributed by atoms with Gasteiger partial charge in [0, 0.05) is 12.2 Å². The van der Waals surface area contributed by atoms with E-state index in [0.717, 1.165) is 0 Å². The summed E-state index contributed by atoms with van der Waals surface area (Å²) in [5, 5.41) is 0. The fourth-order valence-electron chi connectivity index (χ4n) is 1.60. The van der Waals surface area contributed by atoms with E-state index in [4.69, 9.17) is 4.74 Å². The number of hydrogen-bond donors (Lipinski definition) is 0. The number of methoxy groups -OCH3 is 1. The number of aromatic nitrogens is 1. The summed E-state index contributed by atoms with van der Waals surface area (Å²) in [6, 6.07) is 1.47. The van der Waals surface area contributed by atoms with Crippen LogP contribution in [0, 0.1) is 0 Å². The zero-order valence-electron chi connectivity index (χ0n) is 10.5. The van der Waals surface area contributed by atoms with Crippen LogP contribution in [-0.4, -0.2) is 32.3 Å². The van der Waals surface area contributed by atoms with E-state index in [-0.39, 0.29) is 11.8 Å². The van der Waals surface area contributed by atoms with Crippen LogP contribution >= 0.6 is 0 Å². The quantitative estimate of drug-likeness (QED) is 0.806. The van der Waals surface area contributed by atoms with Crippen molar-refractivity contribution in [1.29, 1.82) is 0 Å². The molecule has 0 saturated heterocycles. The van der Waals surface area contributed by atoms with E-state index in [9.17, 15) is 8.42 Å². The van der Waals surface area contributed by atoms with Crippen molar-refractivity contribution in [2.24, 2.45) is 0 Å². The van der Waals surface area contributed by atoms with E-state index in [1.807, 2.05) is 13.8 Å². The van der Waals surface area contributed by atoms with Gasteiger partial charge in [0.15, 0.2) is 5.75 Å². The molecule has 0 bridgehead atoms. The van der Waals surface area contributed by atoms with Gasteiger partial charge in [0.1, 0.15) is 0 Å². The first-order chi connectivity index (χ1) is 7.94. The molecular weight excluding hydrogens is 240 g/mol. The molecule has 0 aromatic carbocycles. The van der Waals surface area contributed by atoms with Crippen LogP contribution in [0.5, 0.6) is 5.75 Å². The lowest BCUT2D eigenvalue weighted by Gasteiger charge is -2.28. The maximum atomic E-state index is 12.1. The molecule has 1 heterocycles. The molecule has 1 rings (SSSR count). The predicted molar refractivity (Wildman–Crippen MR) is 67.9 cm³/mol. The molecule has 0 aliphatic carbocycles. The zero-order chi connectivity index (χ0) is 13.1. The number of pyridine rings is 1. The zero-order valence-corrected chi connectivity index (χ0v) is 11.4. The summed E-state index contributed by atoms with van der Waals surface area (Å²) in [6.45, 7) is 5.28. The van der Waals surface area contributed by atoms with Crippen LogP contribution < -0.4 is 9.04 Å². The number of hydrogen-bond acceptors (Lipinski definition) is 4. The Bertz CT molecular complexity index is 471. The Labute approximate surface area is 102 Å². The minimum absolute atomic E-state index is 0.0522. The molecule has 1 aromatic rings. The van der Waals surface area contributed by atoms with Gasteiger partial charge in [0.2, 0.25) is 10.0 Å². The van der Waals surface area contributed by atoms with E-state index in [1.54, 1.807) is 19.2 Å². The normalized spacial score (nSPS) is 11.6. The van der Waals surface area contributed by atoms with Crippen molar-refractivity contribution < 1.29 is 13.2 Å². The second-order valence-corrected chi connectivity index (χ2v) is 5.97. The first-order valence-corrected chi connectivity index (χ1v) is 7.05. The maximum Gasteiger partial charge on any atom is 0.235 e. The first kappa shape index (κ1) is 13.8. The van der Waals surface area contributed by atoms with Gasteiger partial charge in [-0.1, -0.05) is 0 Å². The molecule has 0 atom stereocenters. The van der Waals surface area contributed by atoms with Crippen LogP contribution in [0.15, 0.2) is 18.5 Å². The molecule has 0 saturated carbocycles. The molecule has 0 N–H and O–H groups in total. The van der Waals surface area contributed by atoms with E-state index < -0.39 is 10.0 Å². The highest BCUT2D eigenvalue weighted by Crippen LogP contribution is 2.30. The van der Waals surface area contributed by atoms with Crippen LogP contribution in [0.3, 0.4) is 0 Å². The third-order valence-corrected chi connectivity index (χ3v) is 4.30. The highest BCUT2D eigenvalue weighted by atomic mass is 32.2. The molecule has 1 aromatic heterocycles. The summed E-state index contributed by atoms with van der Waals surface area (Å²) in [5.41, 5.74) is 0.527. The average Bonchev–Trinajstić information content (AvgIpc) is 2.29. The van der Waals surface area contributed by atoms with Crippen LogP contribution in [0.2, 0.25) is 0 Å². The Morgan fingerprint density at radius 2 is 2.12 bits per heavy atom. The lowest BCUT2D eigenvalue weighted by molar-refractivity contribution is 0.413. The number of sulfonamides is 1. The van der Waals surface area contributed by atoms with Crippen molar-refractivity contribution in [2.45, 2.75) is 26.8 Å². The Kier molecular flexibility index (Phi) is 4.34. The highest BCUT2D eigenvalue weighted by molar-refractivity contribution is 7.92. The molecular formula is C11H18N2O3S. The van der Waals surface area contributed by atoms with Crippen molar-refractivity contribution in [2.75, 3.05) is 17.2 Å². The van der Waals surface area contributed by atoms with Crippen LogP contribution in [0.4, 0.5) is 5.69 Å². The molecule has 6 heteroatoms. The summed E-state index contributed by atoms with van der Waals surface area (Å²) in [4.78, 5) is 3.92. The van der Waals surface area contributed by atoms with E-state index in [2.05, 4.69) is 4.98 Å². The molecule has 0 aliphatic rings. The van der Waals surface area contributed by atoms with Crippen LogP contribution in [0.25, 0.3) is 0 Å². The fraction of sp³-hybridized carbons (Fsp3) is 0.545. The lowest BCUT2D eigenvalue weighted by Crippen LogP contribution is -2.38. The Morgan fingerprint density at radius 3 is 2.59 bits per heavy atom. The van der Waals surface area contributed by atoms with Crippen molar-refractivity contribution in [1.82, 2.24) is 4.98 Å². The second-order valence-electron chi connectivity index (χ2n) is 3.84. The van der Waals surface area contributed by atoms with Crippen molar-refractivity contribution in [3.63, 3.8) is 0 Å². The molecule has 0 fully saturated rings. The summed E-state index contributed by atoms with van der Waals surface area (Å²) in [6.07, 6.45) is 3.06. The summed E-state index contributed by atoms with van der Waals surface area (Å²) >= 11 is 0. The maximum absolute atomic E-state index is 12.1. The number of anilines is 1. The van der Waals surface area contributed by atoms with Crippen molar-refractivity contribution >= 4 is 15.7 Å². The number of rotatable bonds is 5. The van der Waals surface area contributed by atoms with Gasteiger partial charge in [-0.15, -0.1) is 0 Å². The van der Waals surface area contributed by atoms with E-state index >= 15 is 0 Å². The van der Waals surface area contributed by atoms with Gasteiger partial charge in [0.05, 0.1) is 24.7 Å². The molecule has 0 aliphatic heterocycles. The second kappa shape index (κ2) is 5.35. The fourth-order valence-corrected chi connectivity index (χ4v) is 2.97. The van der Waals surface area contributed by atoms with Gasteiger partial charge in [-0.25, -0.2) is 8.42 Å². The first-order valence-electron chi connectivity index (χ1n) is 5.44. The Balaban J connectivity index is 3.34.